The van der Waals surface area contributed by atoms with E-state index in [2.05, 4.69) is 10.2 Å². The lowest BCUT2D eigenvalue weighted by atomic mass is 10.0. The van der Waals surface area contributed by atoms with Gasteiger partial charge in [-0.1, -0.05) is 6.92 Å². The number of fused-ring (bicyclic) bond motifs is 1. The number of carbonyl (C=O) groups is 3. The van der Waals surface area contributed by atoms with E-state index >= 15 is 0 Å². The Bertz CT molecular complexity index is 904. The molecule has 2 heterocycles. The van der Waals surface area contributed by atoms with Gasteiger partial charge in [0.05, 0.1) is 37.5 Å². The molecule has 10 heteroatoms. The van der Waals surface area contributed by atoms with Crippen LogP contribution in [0.1, 0.15) is 31.1 Å². The maximum absolute atomic E-state index is 13.4. The van der Waals surface area contributed by atoms with Gasteiger partial charge in [0, 0.05) is 58.9 Å². The summed E-state index contributed by atoms with van der Waals surface area (Å²) in [7, 11) is 3.34. The Labute approximate surface area is 207 Å². The molecule has 0 saturated carbocycles. The van der Waals surface area contributed by atoms with Crippen molar-refractivity contribution >= 4 is 23.4 Å². The van der Waals surface area contributed by atoms with E-state index in [1.807, 2.05) is 18.7 Å². The van der Waals surface area contributed by atoms with Crippen molar-refractivity contribution in [1.82, 2.24) is 14.7 Å². The fourth-order valence-electron chi connectivity index (χ4n) is 4.45. The fourth-order valence-corrected chi connectivity index (χ4v) is 4.45. The Morgan fingerprint density at radius 3 is 2.54 bits per heavy atom. The van der Waals surface area contributed by atoms with Crippen LogP contribution in [0.4, 0.5) is 5.69 Å². The number of ether oxygens (including phenoxy) is 3. The van der Waals surface area contributed by atoms with Crippen LogP contribution in [0.5, 0.6) is 5.75 Å². The summed E-state index contributed by atoms with van der Waals surface area (Å²) in [4.78, 5) is 43.8. The highest BCUT2D eigenvalue weighted by atomic mass is 16.5. The number of benzene rings is 1. The molecule has 1 aromatic rings. The summed E-state index contributed by atoms with van der Waals surface area (Å²) in [6, 6.07) is 4.78. The minimum Gasteiger partial charge on any atom is -0.491 e. The lowest BCUT2D eigenvalue weighted by Crippen LogP contribution is -2.52. The zero-order valence-electron chi connectivity index (χ0n) is 21.4. The summed E-state index contributed by atoms with van der Waals surface area (Å²) in [6.07, 6.45) is -0.267. The summed E-state index contributed by atoms with van der Waals surface area (Å²) in [5.41, 5.74) is 0.862. The average molecular weight is 491 g/mol. The second-order valence-electron chi connectivity index (χ2n) is 9.42. The third-order valence-electron chi connectivity index (χ3n) is 6.55. The van der Waals surface area contributed by atoms with Crippen LogP contribution in [-0.2, 0) is 19.1 Å². The first kappa shape index (κ1) is 26.9. The zero-order valence-corrected chi connectivity index (χ0v) is 21.4. The maximum atomic E-state index is 13.4. The number of nitrogens with zero attached hydrogens (tertiary/aromatic N) is 3. The molecule has 10 nitrogen and oxygen atoms in total. The molecule has 0 aromatic heterocycles. The molecule has 35 heavy (non-hydrogen) atoms. The third-order valence-corrected chi connectivity index (χ3v) is 6.55. The van der Waals surface area contributed by atoms with E-state index in [0.717, 1.165) is 13.1 Å². The van der Waals surface area contributed by atoms with Crippen LogP contribution in [0.15, 0.2) is 18.2 Å². The van der Waals surface area contributed by atoms with Crippen LogP contribution in [0.25, 0.3) is 0 Å². The van der Waals surface area contributed by atoms with Gasteiger partial charge >= 0.3 is 0 Å². The number of likely N-dealkylation sites (N-methyl/N-ethyl adjacent to an activating group) is 1. The number of methoxy groups -OCH3 is 1. The van der Waals surface area contributed by atoms with E-state index in [0.29, 0.717) is 49.8 Å². The Morgan fingerprint density at radius 1 is 1.17 bits per heavy atom. The van der Waals surface area contributed by atoms with Crippen molar-refractivity contribution in [2.75, 3.05) is 72.0 Å². The smallest absolute Gasteiger partial charge is 0.257 e. The molecule has 2 aliphatic rings. The standard InChI is InChI=1S/C25H38N4O6/c1-17-13-29(24(31)15-28-8-10-34-11-9-28)18(2)16-35-22-7-6-20(26-19(3)30)12-21(22)25(32)27(4)14-23(17)33-5/h6-7,12,17-18,23H,8-11,13-16H2,1-5H3,(H,26,30)/t17-,18-,23-/m0/s1. The largest absolute Gasteiger partial charge is 0.491 e. The van der Waals surface area contributed by atoms with Gasteiger partial charge in [-0.3, -0.25) is 19.3 Å². The van der Waals surface area contributed by atoms with E-state index in [4.69, 9.17) is 14.2 Å². The molecule has 3 amide bonds. The molecule has 3 rings (SSSR count). The van der Waals surface area contributed by atoms with Crippen molar-refractivity contribution in [3.8, 4) is 5.75 Å². The monoisotopic (exact) mass is 490 g/mol. The first-order valence-electron chi connectivity index (χ1n) is 12.1. The van der Waals surface area contributed by atoms with Crippen molar-refractivity contribution in [2.24, 2.45) is 5.92 Å². The van der Waals surface area contributed by atoms with Crippen LogP contribution < -0.4 is 10.1 Å². The predicted molar refractivity (Wildman–Crippen MR) is 132 cm³/mol. The molecular weight excluding hydrogens is 452 g/mol. The van der Waals surface area contributed by atoms with Crippen LogP contribution in [0.3, 0.4) is 0 Å². The minimum absolute atomic E-state index is 0.0176. The maximum Gasteiger partial charge on any atom is 0.257 e. The van der Waals surface area contributed by atoms with Crippen molar-refractivity contribution in [2.45, 2.75) is 32.9 Å². The van der Waals surface area contributed by atoms with Gasteiger partial charge in [0.15, 0.2) is 0 Å². The molecule has 1 saturated heterocycles. The highest BCUT2D eigenvalue weighted by Gasteiger charge is 2.31. The molecule has 0 spiro atoms. The Hall–Kier alpha value is -2.69. The highest BCUT2D eigenvalue weighted by molar-refractivity contribution is 5.99. The summed E-state index contributed by atoms with van der Waals surface area (Å²) in [5.74, 6) is -0.0274. The highest BCUT2D eigenvalue weighted by Crippen LogP contribution is 2.26. The minimum atomic E-state index is -0.267. The molecule has 0 unspecified atom stereocenters. The van der Waals surface area contributed by atoms with Gasteiger partial charge in [0.1, 0.15) is 12.4 Å². The van der Waals surface area contributed by atoms with Gasteiger partial charge in [0.2, 0.25) is 11.8 Å². The lowest BCUT2D eigenvalue weighted by Gasteiger charge is -2.37. The number of morpholine rings is 1. The number of amides is 3. The lowest BCUT2D eigenvalue weighted by molar-refractivity contribution is -0.137. The van der Waals surface area contributed by atoms with E-state index in [-0.39, 0.29) is 42.4 Å². The van der Waals surface area contributed by atoms with E-state index < -0.39 is 0 Å². The fraction of sp³-hybridized carbons (Fsp3) is 0.640. The molecule has 0 radical (unpaired) electrons. The van der Waals surface area contributed by atoms with Gasteiger partial charge in [-0.05, 0) is 25.1 Å². The van der Waals surface area contributed by atoms with Crippen molar-refractivity contribution in [1.29, 1.82) is 0 Å². The summed E-state index contributed by atoms with van der Waals surface area (Å²) < 4.78 is 17.3. The number of hydrogen-bond donors (Lipinski definition) is 1. The van der Waals surface area contributed by atoms with Crippen LogP contribution in [0.2, 0.25) is 0 Å². The Morgan fingerprint density at radius 2 is 1.89 bits per heavy atom. The topological polar surface area (TPSA) is 101 Å². The van der Waals surface area contributed by atoms with E-state index in [1.165, 1.54) is 6.92 Å². The van der Waals surface area contributed by atoms with Gasteiger partial charge in [-0.25, -0.2) is 0 Å². The SMILES string of the molecule is CO[C@H]1CN(C)C(=O)c2cc(NC(C)=O)ccc2OC[C@H](C)N(C(=O)CN2CCOCC2)C[C@@H]1C. The third kappa shape index (κ3) is 7.16. The average Bonchev–Trinajstić information content (AvgIpc) is 2.83. The zero-order chi connectivity index (χ0) is 25.5. The Balaban J connectivity index is 1.89. The molecule has 194 valence electrons. The second kappa shape index (κ2) is 12.3. The quantitative estimate of drug-likeness (QED) is 0.679. The van der Waals surface area contributed by atoms with Gasteiger partial charge in [0.25, 0.3) is 5.91 Å². The van der Waals surface area contributed by atoms with Crippen molar-refractivity contribution < 1.29 is 28.6 Å². The number of rotatable bonds is 4. The van der Waals surface area contributed by atoms with Gasteiger partial charge in [-0.15, -0.1) is 0 Å². The molecule has 1 fully saturated rings. The number of nitrogens with one attached hydrogen (secondary N) is 1. The van der Waals surface area contributed by atoms with E-state index in [9.17, 15) is 14.4 Å². The first-order chi connectivity index (χ1) is 16.7. The van der Waals surface area contributed by atoms with Crippen LogP contribution in [-0.4, -0.2) is 111 Å². The Kier molecular flexibility index (Phi) is 9.47. The van der Waals surface area contributed by atoms with Crippen LogP contribution in [0, 0.1) is 5.92 Å². The van der Waals surface area contributed by atoms with E-state index in [1.54, 1.807) is 37.3 Å². The number of anilines is 1. The normalized spacial score (nSPS) is 24.6. The molecule has 1 aromatic carbocycles. The molecule has 0 bridgehead atoms. The summed E-state index contributed by atoms with van der Waals surface area (Å²) >= 11 is 0. The van der Waals surface area contributed by atoms with Gasteiger partial charge in [-0.2, -0.15) is 0 Å². The number of hydrogen-bond acceptors (Lipinski definition) is 7. The molecule has 0 aliphatic carbocycles. The number of carbonyl (C=O) groups excluding carboxylic acids is 3. The van der Waals surface area contributed by atoms with Crippen molar-refractivity contribution in [3.63, 3.8) is 0 Å². The second-order valence-corrected chi connectivity index (χ2v) is 9.42. The van der Waals surface area contributed by atoms with Crippen molar-refractivity contribution in [3.05, 3.63) is 23.8 Å². The first-order valence-corrected chi connectivity index (χ1v) is 12.1. The molecule has 3 atom stereocenters. The molecule has 2 aliphatic heterocycles. The predicted octanol–water partition coefficient (Wildman–Crippen LogP) is 1.31. The summed E-state index contributed by atoms with van der Waals surface area (Å²) in [6.45, 7) is 9.52. The summed E-state index contributed by atoms with van der Waals surface area (Å²) in [5, 5.41) is 2.72. The molecule has 1 N–H and O–H groups in total. The van der Waals surface area contributed by atoms with Gasteiger partial charge < -0.3 is 29.3 Å². The van der Waals surface area contributed by atoms with Crippen LogP contribution >= 0.6 is 0 Å². The molecular formula is C25H38N4O6.